The minimum Gasteiger partial charge on any atom is -0.496 e. The van der Waals surface area contributed by atoms with E-state index in [-0.39, 0.29) is 11.9 Å². The van der Waals surface area contributed by atoms with E-state index in [1.165, 1.54) is 5.56 Å². The molecular formula is C27H26N2O3S. The highest BCUT2D eigenvalue weighted by Gasteiger charge is 2.34. The zero-order chi connectivity index (χ0) is 23.4. The van der Waals surface area contributed by atoms with E-state index in [0.717, 1.165) is 28.2 Å². The third-order valence-corrected chi connectivity index (χ3v) is 5.91. The standard InChI is InChI=1S/C27H26N2O3S/c1-18-9-12-23(13-10-18)32-17-22-15-20(11-14-25(22)31-3)16-24-26(30)29(27(33)28-24)19(2)21-7-5-4-6-8-21/h4-16,19H,17H2,1-3H3,(H,28,33)/b24-16-. The van der Waals surface area contributed by atoms with Gasteiger partial charge in [-0.15, -0.1) is 0 Å². The third-order valence-electron chi connectivity index (χ3n) is 5.61. The van der Waals surface area contributed by atoms with Crippen LogP contribution in [0.25, 0.3) is 6.08 Å². The maximum absolute atomic E-state index is 13.1. The summed E-state index contributed by atoms with van der Waals surface area (Å²) in [6, 6.07) is 23.3. The average molecular weight is 459 g/mol. The molecule has 1 unspecified atom stereocenters. The maximum Gasteiger partial charge on any atom is 0.277 e. The highest BCUT2D eigenvalue weighted by atomic mass is 32.1. The SMILES string of the molecule is COc1ccc(/C=C2\NC(=S)N(C(C)c3ccccc3)C2=O)cc1COc1ccc(C)cc1. The molecule has 0 bridgehead atoms. The minimum absolute atomic E-state index is 0.148. The van der Waals surface area contributed by atoms with Crippen LogP contribution in [-0.4, -0.2) is 23.0 Å². The first-order chi connectivity index (χ1) is 16.0. The molecule has 1 atom stereocenters. The van der Waals surface area contributed by atoms with Crippen molar-refractivity contribution in [3.8, 4) is 11.5 Å². The van der Waals surface area contributed by atoms with Crippen molar-refractivity contribution in [1.29, 1.82) is 0 Å². The molecule has 1 amide bonds. The molecule has 0 radical (unpaired) electrons. The van der Waals surface area contributed by atoms with Gasteiger partial charge in [-0.05, 0) is 67.5 Å². The van der Waals surface area contributed by atoms with E-state index in [0.29, 0.717) is 17.4 Å². The molecule has 168 valence electrons. The molecule has 6 heteroatoms. The molecule has 0 aromatic heterocycles. The van der Waals surface area contributed by atoms with Gasteiger partial charge >= 0.3 is 0 Å². The van der Waals surface area contributed by atoms with Gasteiger partial charge in [0.05, 0.1) is 13.2 Å². The molecular weight excluding hydrogens is 432 g/mol. The fraction of sp³-hybridized carbons (Fsp3) is 0.185. The summed E-state index contributed by atoms with van der Waals surface area (Å²) in [6.45, 7) is 4.35. The number of methoxy groups -OCH3 is 1. The van der Waals surface area contributed by atoms with Gasteiger partial charge in [-0.3, -0.25) is 9.69 Å². The van der Waals surface area contributed by atoms with Crippen LogP contribution >= 0.6 is 12.2 Å². The molecule has 1 saturated heterocycles. The second-order valence-electron chi connectivity index (χ2n) is 7.92. The number of thiocarbonyl (C=S) groups is 1. The smallest absolute Gasteiger partial charge is 0.277 e. The molecule has 1 aliphatic heterocycles. The molecule has 0 aliphatic carbocycles. The molecule has 0 saturated carbocycles. The molecule has 1 heterocycles. The van der Waals surface area contributed by atoms with E-state index in [4.69, 9.17) is 21.7 Å². The maximum atomic E-state index is 13.1. The van der Waals surface area contributed by atoms with E-state index in [1.807, 2.05) is 86.6 Å². The van der Waals surface area contributed by atoms with Crippen LogP contribution in [0, 0.1) is 6.92 Å². The number of nitrogens with one attached hydrogen (secondary N) is 1. The van der Waals surface area contributed by atoms with Gasteiger partial charge in [-0.1, -0.05) is 54.1 Å². The first kappa shape index (κ1) is 22.6. The van der Waals surface area contributed by atoms with Crippen LogP contribution in [0.15, 0.2) is 78.5 Å². The lowest BCUT2D eigenvalue weighted by atomic mass is 10.1. The molecule has 1 fully saturated rings. The lowest BCUT2D eigenvalue weighted by Crippen LogP contribution is -2.33. The van der Waals surface area contributed by atoms with Gasteiger partial charge in [0.25, 0.3) is 5.91 Å². The van der Waals surface area contributed by atoms with E-state index < -0.39 is 0 Å². The normalized spacial score (nSPS) is 15.5. The van der Waals surface area contributed by atoms with Crippen molar-refractivity contribution >= 4 is 29.3 Å². The molecule has 1 N–H and O–H groups in total. The van der Waals surface area contributed by atoms with E-state index in [2.05, 4.69) is 5.32 Å². The zero-order valence-corrected chi connectivity index (χ0v) is 19.7. The second kappa shape index (κ2) is 9.88. The monoisotopic (exact) mass is 458 g/mol. The molecule has 33 heavy (non-hydrogen) atoms. The Labute approximate surface area is 199 Å². The highest BCUT2D eigenvalue weighted by molar-refractivity contribution is 7.80. The summed E-state index contributed by atoms with van der Waals surface area (Å²) in [5, 5.41) is 3.47. The summed E-state index contributed by atoms with van der Waals surface area (Å²) in [6.07, 6.45) is 1.81. The van der Waals surface area contributed by atoms with Crippen molar-refractivity contribution in [2.45, 2.75) is 26.5 Å². The van der Waals surface area contributed by atoms with Crippen molar-refractivity contribution < 1.29 is 14.3 Å². The predicted octanol–water partition coefficient (Wildman–Crippen LogP) is 5.40. The van der Waals surface area contributed by atoms with E-state index in [1.54, 1.807) is 18.1 Å². The largest absolute Gasteiger partial charge is 0.496 e. The molecule has 3 aromatic carbocycles. The summed E-state index contributed by atoms with van der Waals surface area (Å²) in [7, 11) is 1.63. The molecule has 1 aliphatic rings. The van der Waals surface area contributed by atoms with Gasteiger partial charge in [0.15, 0.2) is 5.11 Å². The van der Waals surface area contributed by atoms with Crippen LogP contribution in [0.1, 0.15) is 35.2 Å². The summed E-state index contributed by atoms with van der Waals surface area (Å²) >= 11 is 5.47. The van der Waals surface area contributed by atoms with Gasteiger partial charge in [-0.2, -0.15) is 0 Å². The number of rotatable bonds is 7. The number of carbonyl (C=O) groups excluding carboxylic acids is 1. The molecule has 3 aromatic rings. The number of hydrogen-bond acceptors (Lipinski definition) is 4. The first-order valence-corrected chi connectivity index (χ1v) is 11.1. The summed E-state index contributed by atoms with van der Waals surface area (Å²) in [5.41, 5.74) is 4.38. The Balaban J connectivity index is 1.54. The van der Waals surface area contributed by atoms with E-state index in [9.17, 15) is 4.79 Å². The average Bonchev–Trinajstić information content (AvgIpc) is 3.11. The second-order valence-corrected chi connectivity index (χ2v) is 8.31. The molecule has 0 spiro atoms. The third kappa shape index (κ3) is 5.07. The Morgan fingerprint density at radius 2 is 1.79 bits per heavy atom. The Morgan fingerprint density at radius 3 is 2.48 bits per heavy atom. The highest BCUT2D eigenvalue weighted by Crippen LogP contribution is 2.28. The van der Waals surface area contributed by atoms with Crippen molar-refractivity contribution in [1.82, 2.24) is 10.2 Å². The fourth-order valence-electron chi connectivity index (χ4n) is 3.74. The molecule has 4 rings (SSSR count). The van der Waals surface area contributed by atoms with Gasteiger partial charge < -0.3 is 14.8 Å². The van der Waals surface area contributed by atoms with Gasteiger partial charge in [-0.25, -0.2) is 0 Å². The number of carbonyl (C=O) groups is 1. The first-order valence-electron chi connectivity index (χ1n) is 10.7. The van der Waals surface area contributed by atoms with Crippen molar-refractivity contribution in [2.24, 2.45) is 0 Å². The van der Waals surface area contributed by atoms with Crippen molar-refractivity contribution in [3.63, 3.8) is 0 Å². The zero-order valence-electron chi connectivity index (χ0n) is 18.9. The predicted molar refractivity (Wildman–Crippen MR) is 134 cm³/mol. The Hall–Kier alpha value is -3.64. The Bertz CT molecular complexity index is 1190. The van der Waals surface area contributed by atoms with Crippen LogP contribution < -0.4 is 14.8 Å². The quantitative estimate of drug-likeness (QED) is 0.379. The van der Waals surface area contributed by atoms with Crippen LogP contribution in [0.5, 0.6) is 11.5 Å². The van der Waals surface area contributed by atoms with Gasteiger partial charge in [0.1, 0.15) is 23.8 Å². The van der Waals surface area contributed by atoms with Crippen molar-refractivity contribution in [2.75, 3.05) is 7.11 Å². The van der Waals surface area contributed by atoms with E-state index >= 15 is 0 Å². The van der Waals surface area contributed by atoms with Crippen LogP contribution in [0.3, 0.4) is 0 Å². The number of nitrogens with zero attached hydrogens (tertiary/aromatic N) is 1. The van der Waals surface area contributed by atoms with Gasteiger partial charge in [0, 0.05) is 5.56 Å². The number of hydrogen-bond donors (Lipinski definition) is 1. The van der Waals surface area contributed by atoms with Crippen LogP contribution in [0.2, 0.25) is 0 Å². The Kier molecular flexibility index (Phi) is 6.75. The molecule has 5 nitrogen and oxygen atoms in total. The van der Waals surface area contributed by atoms with Gasteiger partial charge in [0.2, 0.25) is 0 Å². The Morgan fingerprint density at radius 1 is 1.06 bits per heavy atom. The topological polar surface area (TPSA) is 50.8 Å². The number of aryl methyl sites for hydroxylation is 1. The number of amides is 1. The van der Waals surface area contributed by atoms with Crippen molar-refractivity contribution in [3.05, 3.63) is 101 Å². The lowest BCUT2D eigenvalue weighted by Gasteiger charge is -2.23. The summed E-state index contributed by atoms with van der Waals surface area (Å²) < 4.78 is 11.4. The van der Waals surface area contributed by atoms with Crippen LogP contribution in [-0.2, 0) is 11.4 Å². The van der Waals surface area contributed by atoms with Crippen LogP contribution in [0.4, 0.5) is 0 Å². The summed E-state index contributed by atoms with van der Waals surface area (Å²) in [4.78, 5) is 14.8. The lowest BCUT2D eigenvalue weighted by molar-refractivity contribution is -0.123. The number of ether oxygens (including phenoxy) is 2. The minimum atomic E-state index is -0.168. The number of benzene rings is 3. The summed E-state index contributed by atoms with van der Waals surface area (Å²) in [5.74, 6) is 1.37. The fourth-order valence-corrected chi connectivity index (χ4v) is 4.10.